The van der Waals surface area contributed by atoms with Crippen molar-refractivity contribution in [2.24, 2.45) is 0 Å². The molecule has 0 fully saturated rings. The molecule has 0 spiro atoms. The molecule has 1 aromatic carbocycles. The maximum atomic E-state index is 13.6. The van der Waals surface area contributed by atoms with Gasteiger partial charge in [0.05, 0.1) is 16.7 Å². The average Bonchev–Trinajstić information content (AvgIpc) is 2.30. The number of benzene rings is 1. The predicted octanol–water partition coefficient (Wildman–Crippen LogP) is 0.791. The SMILES string of the molecule is CNCC(O)C(O)c1cc(Cl)c(C(=O)O)cc1F. The van der Waals surface area contributed by atoms with Crippen molar-refractivity contribution in [1.29, 1.82) is 0 Å². The maximum absolute atomic E-state index is 13.6. The van der Waals surface area contributed by atoms with Gasteiger partial charge in [-0.25, -0.2) is 9.18 Å². The summed E-state index contributed by atoms with van der Waals surface area (Å²) in [5.74, 6) is -2.30. The van der Waals surface area contributed by atoms with Crippen molar-refractivity contribution in [2.75, 3.05) is 13.6 Å². The van der Waals surface area contributed by atoms with E-state index in [9.17, 15) is 19.4 Å². The Morgan fingerprint density at radius 3 is 2.61 bits per heavy atom. The van der Waals surface area contributed by atoms with Crippen molar-refractivity contribution >= 4 is 17.6 Å². The molecule has 0 saturated carbocycles. The highest BCUT2D eigenvalue weighted by Crippen LogP contribution is 2.27. The van der Waals surface area contributed by atoms with Crippen LogP contribution in [0, 0.1) is 5.82 Å². The molecule has 0 heterocycles. The lowest BCUT2D eigenvalue weighted by atomic mass is 10.0. The lowest BCUT2D eigenvalue weighted by molar-refractivity contribution is 0.0181. The van der Waals surface area contributed by atoms with Crippen molar-refractivity contribution in [3.05, 3.63) is 34.1 Å². The Morgan fingerprint density at radius 1 is 1.50 bits per heavy atom. The van der Waals surface area contributed by atoms with Crippen LogP contribution in [0.3, 0.4) is 0 Å². The van der Waals surface area contributed by atoms with Crippen molar-refractivity contribution in [2.45, 2.75) is 12.2 Å². The fourth-order valence-electron chi connectivity index (χ4n) is 1.48. The lowest BCUT2D eigenvalue weighted by Crippen LogP contribution is -2.30. The number of carboxylic acid groups (broad SMARTS) is 1. The summed E-state index contributed by atoms with van der Waals surface area (Å²) in [4.78, 5) is 10.7. The quantitative estimate of drug-likeness (QED) is 0.639. The van der Waals surface area contributed by atoms with Gasteiger partial charge < -0.3 is 20.6 Å². The second-order valence-corrected chi connectivity index (χ2v) is 4.14. The van der Waals surface area contributed by atoms with Gasteiger partial charge in [-0.05, 0) is 19.2 Å². The van der Waals surface area contributed by atoms with Gasteiger partial charge in [0.2, 0.25) is 0 Å². The summed E-state index contributed by atoms with van der Waals surface area (Å²) in [5, 5.41) is 30.4. The number of nitrogens with one attached hydrogen (secondary N) is 1. The summed E-state index contributed by atoms with van der Waals surface area (Å²) >= 11 is 5.67. The number of aromatic carboxylic acids is 1. The molecule has 0 aliphatic carbocycles. The molecular weight excluding hydrogens is 265 g/mol. The molecule has 18 heavy (non-hydrogen) atoms. The van der Waals surface area contributed by atoms with Gasteiger partial charge in [0, 0.05) is 12.1 Å². The zero-order valence-corrected chi connectivity index (χ0v) is 10.3. The molecule has 0 aliphatic rings. The van der Waals surface area contributed by atoms with E-state index in [1.54, 1.807) is 7.05 Å². The molecule has 1 aromatic rings. The third kappa shape index (κ3) is 3.17. The summed E-state index contributed by atoms with van der Waals surface area (Å²) in [6.07, 6.45) is -2.71. The van der Waals surface area contributed by atoms with Crippen molar-refractivity contribution in [3.63, 3.8) is 0 Å². The van der Waals surface area contributed by atoms with Crippen molar-refractivity contribution in [1.82, 2.24) is 5.32 Å². The Morgan fingerprint density at radius 2 is 2.11 bits per heavy atom. The van der Waals surface area contributed by atoms with Gasteiger partial charge in [0.25, 0.3) is 0 Å². The number of hydrogen-bond donors (Lipinski definition) is 4. The molecular formula is C11H13ClFNO4. The second kappa shape index (κ2) is 6.10. The number of carboxylic acids is 1. The van der Waals surface area contributed by atoms with E-state index in [1.807, 2.05) is 0 Å². The fourth-order valence-corrected chi connectivity index (χ4v) is 1.73. The predicted molar refractivity (Wildman–Crippen MR) is 63.3 cm³/mol. The average molecular weight is 278 g/mol. The molecule has 0 aliphatic heterocycles. The molecule has 7 heteroatoms. The fraction of sp³-hybridized carbons (Fsp3) is 0.364. The third-order valence-electron chi connectivity index (χ3n) is 2.41. The first kappa shape index (κ1) is 14.8. The molecule has 2 unspecified atom stereocenters. The van der Waals surface area contributed by atoms with Crippen LogP contribution in [0.4, 0.5) is 4.39 Å². The van der Waals surface area contributed by atoms with E-state index in [4.69, 9.17) is 16.7 Å². The monoisotopic (exact) mass is 277 g/mol. The van der Waals surface area contributed by atoms with E-state index in [1.165, 1.54) is 0 Å². The zero-order valence-electron chi connectivity index (χ0n) is 9.52. The molecule has 0 bridgehead atoms. The first-order valence-electron chi connectivity index (χ1n) is 5.11. The Labute approximate surface area is 108 Å². The molecule has 100 valence electrons. The second-order valence-electron chi connectivity index (χ2n) is 3.73. The minimum Gasteiger partial charge on any atom is -0.478 e. The van der Waals surface area contributed by atoms with Gasteiger partial charge in [0.15, 0.2) is 0 Å². The highest BCUT2D eigenvalue weighted by atomic mass is 35.5. The minimum absolute atomic E-state index is 0.0545. The van der Waals surface area contributed by atoms with Gasteiger partial charge in [-0.1, -0.05) is 11.6 Å². The molecule has 0 saturated heterocycles. The number of halogens is 2. The van der Waals surface area contributed by atoms with Gasteiger partial charge in [0.1, 0.15) is 11.9 Å². The summed E-state index contributed by atoms with van der Waals surface area (Å²) in [6, 6.07) is 1.72. The van der Waals surface area contributed by atoms with Crippen LogP contribution in [-0.2, 0) is 0 Å². The summed E-state index contributed by atoms with van der Waals surface area (Å²) in [6.45, 7) is 0.0545. The van der Waals surface area contributed by atoms with Crippen molar-refractivity contribution in [3.8, 4) is 0 Å². The van der Waals surface area contributed by atoms with Crippen LogP contribution in [-0.4, -0.2) is 41.0 Å². The standard InChI is InChI=1S/C11H13ClFNO4/c1-14-4-9(15)10(16)6-2-7(12)5(11(17)18)3-8(6)13/h2-3,9-10,14-16H,4H2,1H3,(H,17,18). The molecule has 0 aromatic heterocycles. The van der Waals surface area contributed by atoms with E-state index in [0.29, 0.717) is 0 Å². The molecule has 0 amide bonds. The van der Waals surface area contributed by atoms with E-state index >= 15 is 0 Å². The molecule has 5 nitrogen and oxygen atoms in total. The van der Waals surface area contributed by atoms with Crippen LogP contribution in [0.15, 0.2) is 12.1 Å². The Bertz CT molecular complexity index is 455. The van der Waals surface area contributed by atoms with Gasteiger partial charge >= 0.3 is 5.97 Å². The summed E-state index contributed by atoms with van der Waals surface area (Å²) < 4.78 is 13.6. The Balaban J connectivity index is 3.11. The number of aliphatic hydroxyl groups excluding tert-OH is 2. The summed E-state index contributed by atoms with van der Waals surface area (Å²) in [7, 11) is 1.56. The highest BCUT2D eigenvalue weighted by molar-refractivity contribution is 6.33. The van der Waals surface area contributed by atoms with Crippen LogP contribution in [0.1, 0.15) is 22.0 Å². The smallest absolute Gasteiger partial charge is 0.337 e. The lowest BCUT2D eigenvalue weighted by Gasteiger charge is -2.19. The normalized spacial score (nSPS) is 14.3. The Hall–Kier alpha value is -1.21. The molecule has 1 rings (SSSR count). The first-order chi connectivity index (χ1) is 8.38. The molecule has 4 N–H and O–H groups in total. The van der Waals surface area contributed by atoms with E-state index in [2.05, 4.69) is 5.32 Å². The van der Waals surface area contributed by atoms with Crippen LogP contribution in [0.2, 0.25) is 5.02 Å². The topological polar surface area (TPSA) is 89.8 Å². The van der Waals surface area contributed by atoms with Crippen LogP contribution < -0.4 is 5.32 Å². The third-order valence-corrected chi connectivity index (χ3v) is 2.73. The Kier molecular flexibility index (Phi) is 5.03. The minimum atomic E-state index is -1.49. The van der Waals surface area contributed by atoms with Gasteiger partial charge in [-0.3, -0.25) is 0 Å². The number of aliphatic hydroxyl groups is 2. The number of rotatable bonds is 5. The van der Waals surface area contributed by atoms with Crippen LogP contribution in [0.5, 0.6) is 0 Å². The maximum Gasteiger partial charge on any atom is 0.337 e. The van der Waals surface area contributed by atoms with Gasteiger partial charge in [-0.2, -0.15) is 0 Å². The van der Waals surface area contributed by atoms with Crippen LogP contribution in [0.25, 0.3) is 0 Å². The highest BCUT2D eigenvalue weighted by Gasteiger charge is 2.23. The van der Waals surface area contributed by atoms with Crippen LogP contribution >= 0.6 is 11.6 Å². The van der Waals surface area contributed by atoms with E-state index in [-0.39, 0.29) is 17.1 Å². The van der Waals surface area contributed by atoms with E-state index in [0.717, 1.165) is 12.1 Å². The van der Waals surface area contributed by atoms with Gasteiger partial charge in [-0.15, -0.1) is 0 Å². The first-order valence-corrected chi connectivity index (χ1v) is 5.49. The zero-order chi connectivity index (χ0) is 13.9. The van der Waals surface area contributed by atoms with E-state index < -0.39 is 29.6 Å². The number of hydrogen-bond acceptors (Lipinski definition) is 4. The number of likely N-dealkylation sites (N-methyl/N-ethyl adjacent to an activating group) is 1. The summed E-state index contributed by atoms with van der Waals surface area (Å²) in [5.41, 5.74) is -0.638. The molecule has 2 atom stereocenters. The largest absolute Gasteiger partial charge is 0.478 e. The number of carbonyl (C=O) groups is 1. The molecule has 0 radical (unpaired) electrons. The van der Waals surface area contributed by atoms with Crippen molar-refractivity contribution < 1.29 is 24.5 Å².